The van der Waals surface area contributed by atoms with E-state index in [1.165, 1.54) is 38.5 Å². The maximum Gasteiger partial charge on any atom is 0.306 e. The zero-order valence-corrected chi connectivity index (χ0v) is 31.4. The molecule has 0 spiro atoms. The summed E-state index contributed by atoms with van der Waals surface area (Å²) in [6.07, 6.45) is 45.1. The first kappa shape index (κ1) is 45.9. The van der Waals surface area contributed by atoms with Gasteiger partial charge in [-0.1, -0.05) is 158 Å². The molecule has 0 radical (unpaired) electrons. The molecule has 0 aliphatic carbocycles. The van der Waals surface area contributed by atoms with Gasteiger partial charge in [0.25, 0.3) is 0 Å². The number of carbonyl (C=O) groups is 3. The quantitative estimate of drug-likeness (QED) is 0.0297. The van der Waals surface area contributed by atoms with Crippen LogP contribution in [0.25, 0.3) is 0 Å². The molecule has 0 aromatic carbocycles. The minimum atomic E-state index is -0.795. The second kappa shape index (κ2) is 37.7. The lowest BCUT2D eigenvalue weighted by Gasteiger charge is -2.18. The van der Waals surface area contributed by atoms with Gasteiger partial charge in [0.1, 0.15) is 13.2 Å². The molecular formula is C43H70O6. The lowest BCUT2D eigenvalue weighted by molar-refractivity contribution is -0.166. The molecule has 0 saturated heterocycles. The fourth-order valence-corrected chi connectivity index (χ4v) is 4.82. The fraction of sp³-hybridized carbons (Fsp3) is 0.651. The van der Waals surface area contributed by atoms with Crippen molar-refractivity contribution in [2.24, 2.45) is 0 Å². The van der Waals surface area contributed by atoms with E-state index in [1.54, 1.807) is 0 Å². The molecule has 0 aromatic heterocycles. The van der Waals surface area contributed by atoms with E-state index in [2.05, 4.69) is 81.5 Å². The van der Waals surface area contributed by atoms with Crippen LogP contribution in [0.15, 0.2) is 72.9 Å². The number of hydrogen-bond donors (Lipinski definition) is 0. The monoisotopic (exact) mass is 683 g/mol. The molecular weight excluding hydrogens is 612 g/mol. The Labute approximate surface area is 300 Å². The second-order valence-corrected chi connectivity index (χ2v) is 12.5. The van der Waals surface area contributed by atoms with Crippen LogP contribution < -0.4 is 0 Å². The van der Waals surface area contributed by atoms with Gasteiger partial charge in [-0.05, 0) is 57.8 Å². The maximum absolute atomic E-state index is 12.5. The molecule has 0 aliphatic rings. The summed E-state index contributed by atoms with van der Waals surface area (Å²) >= 11 is 0. The van der Waals surface area contributed by atoms with Crippen LogP contribution in [0, 0.1) is 0 Å². The van der Waals surface area contributed by atoms with Crippen molar-refractivity contribution < 1.29 is 28.6 Å². The zero-order valence-electron chi connectivity index (χ0n) is 31.4. The number of ether oxygens (including phenoxy) is 3. The number of rotatable bonds is 33. The van der Waals surface area contributed by atoms with Crippen molar-refractivity contribution in [2.75, 3.05) is 13.2 Å². The summed E-state index contributed by atoms with van der Waals surface area (Å²) in [4.78, 5) is 37.1. The highest BCUT2D eigenvalue weighted by atomic mass is 16.6. The topological polar surface area (TPSA) is 78.9 Å². The minimum absolute atomic E-state index is 0.0999. The first-order chi connectivity index (χ1) is 24.0. The number of carbonyl (C=O) groups excluding carboxylic acids is 3. The molecule has 0 aliphatic heterocycles. The highest BCUT2D eigenvalue weighted by Crippen LogP contribution is 2.11. The summed E-state index contributed by atoms with van der Waals surface area (Å²) in [7, 11) is 0. The third kappa shape index (κ3) is 36.0. The van der Waals surface area contributed by atoms with E-state index in [0.29, 0.717) is 19.3 Å². The standard InChI is InChI=1S/C43H70O6/c1-4-7-10-13-16-17-18-19-20-21-22-23-24-25-26-27-28-31-33-36-42(45)48-39-40(49-43(46)37-34-30-15-12-9-6-3)38-47-41(44)35-32-29-14-11-8-5-2/h7,10,16-17,19-20,22-23,25-26,28,31,40H,4-6,8-9,11-15,18,21,24,27,29-30,32-39H2,1-3H3/b10-7-,17-16-,20-19-,23-22-,26-25-,31-28-. The number of allylic oxidation sites excluding steroid dienone is 12. The molecule has 0 saturated carbocycles. The predicted molar refractivity (Wildman–Crippen MR) is 205 cm³/mol. The Morgan fingerprint density at radius 3 is 1.24 bits per heavy atom. The van der Waals surface area contributed by atoms with E-state index >= 15 is 0 Å². The highest BCUT2D eigenvalue weighted by molar-refractivity contribution is 5.71. The Morgan fingerprint density at radius 2 is 0.796 bits per heavy atom. The predicted octanol–water partition coefficient (Wildman–Crippen LogP) is 12.0. The summed E-state index contributed by atoms with van der Waals surface area (Å²) in [5.41, 5.74) is 0. The van der Waals surface area contributed by atoms with Crippen LogP contribution in [0.2, 0.25) is 0 Å². The van der Waals surface area contributed by atoms with Crippen molar-refractivity contribution in [3.63, 3.8) is 0 Å². The van der Waals surface area contributed by atoms with Crippen molar-refractivity contribution in [3.05, 3.63) is 72.9 Å². The summed E-state index contributed by atoms with van der Waals surface area (Å²) < 4.78 is 16.4. The first-order valence-corrected chi connectivity index (χ1v) is 19.4. The molecule has 278 valence electrons. The van der Waals surface area contributed by atoms with Crippen LogP contribution in [-0.2, 0) is 28.6 Å². The van der Waals surface area contributed by atoms with Gasteiger partial charge in [-0.25, -0.2) is 0 Å². The second-order valence-electron chi connectivity index (χ2n) is 12.5. The van der Waals surface area contributed by atoms with E-state index in [-0.39, 0.29) is 37.5 Å². The van der Waals surface area contributed by atoms with Crippen molar-refractivity contribution in [2.45, 2.75) is 168 Å². The molecule has 0 amide bonds. The molecule has 0 heterocycles. The third-order valence-electron chi connectivity index (χ3n) is 7.74. The number of hydrogen-bond acceptors (Lipinski definition) is 6. The summed E-state index contributed by atoms with van der Waals surface area (Å²) in [6, 6.07) is 0. The smallest absolute Gasteiger partial charge is 0.306 e. The summed E-state index contributed by atoms with van der Waals surface area (Å²) in [5, 5.41) is 0. The molecule has 0 aromatic rings. The van der Waals surface area contributed by atoms with Crippen LogP contribution in [0.3, 0.4) is 0 Å². The van der Waals surface area contributed by atoms with Gasteiger partial charge in [0.15, 0.2) is 6.10 Å². The molecule has 0 fully saturated rings. The normalized spacial score (nSPS) is 12.8. The molecule has 0 bridgehead atoms. The zero-order chi connectivity index (χ0) is 35.9. The molecule has 1 unspecified atom stereocenters. The lowest BCUT2D eigenvalue weighted by Crippen LogP contribution is -2.30. The van der Waals surface area contributed by atoms with Gasteiger partial charge in [-0.15, -0.1) is 0 Å². The molecule has 6 nitrogen and oxygen atoms in total. The Morgan fingerprint density at radius 1 is 0.429 bits per heavy atom. The van der Waals surface area contributed by atoms with Crippen LogP contribution in [-0.4, -0.2) is 37.2 Å². The molecule has 1 atom stereocenters. The lowest BCUT2D eigenvalue weighted by atomic mass is 10.1. The molecule has 0 N–H and O–H groups in total. The Balaban J connectivity index is 4.34. The van der Waals surface area contributed by atoms with Gasteiger partial charge in [0, 0.05) is 19.3 Å². The van der Waals surface area contributed by atoms with Crippen LogP contribution in [0.1, 0.15) is 162 Å². The van der Waals surface area contributed by atoms with Crippen molar-refractivity contribution in [1.82, 2.24) is 0 Å². The Bertz CT molecular complexity index is 971. The van der Waals surface area contributed by atoms with Crippen LogP contribution >= 0.6 is 0 Å². The Kier molecular flexibility index (Phi) is 35.2. The van der Waals surface area contributed by atoms with Gasteiger partial charge in [0.05, 0.1) is 0 Å². The largest absolute Gasteiger partial charge is 0.462 e. The minimum Gasteiger partial charge on any atom is -0.462 e. The summed E-state index contributed by atoms with van der Waals surface area (Å²) in [6.45, 7) is 6.29. The van der Waals surface area contributed by atoms with E-state index in [0.717, 1.165) is 77.0 Å². The Hall–Kier alpha value is -3.15. The average molecular weight is 683 g/mol. The summed E-state index contributed by atoms with van der Waals surface area (Å²) in [5.74, 6) is -1.02. The highest BCUT2D eigenvalue weighted by Gasteiger charge is 2.19. The number of esters is 3. The van der Waals surface area contributed by atoms with E-state index < -0.39 is 6.10 Å². The fourth-order valence-electron chi connectivity index (χ4n) is 4.82. The first-order valence-electron chi connectivity index (χ1n) is 19.4. The number of unbranched alkanes of at least 4 members (excludes halogenated alkanes) is 10. The average Bonchev–Trinajstić information content (AvgIpc) is 3.10. The van der Waals surface area contributed by atoms with Gasteiger partial charge in [-0.2, -0.15) is 0 Å². The maximum atomic E-state index is 12.5. The van der Waals surface area contributed by atoms with Crippen molar-refractivity contribution >= 4 is 17.9 Å². The van der Waals surface area contributed by atoms with E-state index in [1.807, 2.05) is 12.2 Å². The van der Waals surface area contributed by atoms with Crippen LogP contribution in [0.4, 0.5) is 0 Å². The SMILES string of the molecule is CC/C=C\C/C=C\C/C=C\C/C=C\C/C=C\C/C=C\CCC(=O)OCC(COC(=O)CCCCCCCC)OC(=O)CCCCCCCC. The van der Waals surface area contributed by atoms with E-state index in [4.69, 9.17) is 14.2 Å². The third-order valence-corrected chi connectivity index (χ3v) is 7.74. The van der Waals surface area contributed by atoms with Crippen molar-refractivity contribution in [1.29, 1.82) is 0 Å². The van der Waals surface area contributed by atoms with Gasteiger partial charge >= 0.3 is 17.9 Å². The molecule has 6 heteroatoms. The molecule has 0 rings (SSSR count). The van der Waals surface area contributed by atoms with Gasteiger partial charge < -0.3 is 14.2 Å². The van der Waals surface area contributed by atoms with E-state index in [9.17, 15) is 14.4 Å². The van der Waals surface area contributed by atoms with Crippen LogP contribution in [0.5, 0.6) is 0 Å². The van der Waals surface area contributed by atoms with Crippen molar-refractivity contribution in [3.8, 4) is 0 Å². The van der Waals surface area contributed by atoms with Gasteiger partial charge in [-0.3, -0.25) is 14.4 Å². The molecule has 49 heavy (non-hydrogen) atoms. The van der Waals surface area contributed by atoms with Gasteiger partial charge in [0.2, 0.25) is 0 Å².